The van der Waals surface area contributed by atoms with E-state index >= 15 is 0 Å². The molecule has 0 fully saturated rings. The molecule has 0 bridgehead atoms. The first-order valence-electron chi connectivity index (χ1n) is 6.17. The molecule has 3 aromatic rings. The zero-order valence-corrected chi connectivity index (χ0v) is 12.2. The van der Waals surface area contributed by atoms with Crippen molar-refractivity contribution in [3.8, 4) is 5.69 Å². The van der Waals surface area contributed by atoms with E-state index < -0.39 is 0 Å². The summed E-state index contributed by atoms with van der Waals surface area (Å²) in [5.74, 6) is 0.581. The van der Waals surface area contributed by atoms with Crippen LogP contribution in [0.4, 0.5) is 4.39 Å². The fraction of sp³-hybridized carbons (Fsp3) is 0.133. The second-order valence-corrected chi connectivity index (χ2v) is 4.66. The number of fused-ring (bicyclic) bond motifs is 1. The number of hydrogen-bond donors (Lipinski definition) is 2. The van der Waals surface area contributed by atoms with Crippen LogP contribution in [0.2, 0.25) is 0 Å². The summed E-state index contributed by atoms with van der Waals surface area (Å²) in [6.07, 6.45) is 0. The smallest absolute Gasteiger partial charge is 0.125 e. The molecule has 0 aliphatic carbocycles. The number of thiol groups is 1. The molecule has 20 heavy (non-hydrogen) atoms. The number of nitrogens with zero attached hydrogens (tertiary/aromatic N) is 2. The Morgan fingerprint density at radius 1 is 1.10 bits per heavy atom. The average Bonchev–Trinajstić information content (AvgIpc) is 2.78. The molecule has 0 atom stereocenters. The lowest BCUT2D eigenvalue weighted by Gasteiger charge is -2.07. The minimum atomic E-state index is -0.255. The van der Waals surface area contributed by atoms with E-state index in [9.17, 15) is 4.39 Å². The Bertz CT molecular complexity index is 720. The van der Waals surface area contributed by atoms with Gasteiger partial charge in [-0.15, -0.1) is 12.6 Å². The van der Waals surface area contributed by atoms with Crippen molar-refractivity contribution in [3.05, 3.63) is 54.1 Å². The fourth-order valence-corrected chi connectivity index (χ4v) is 2.25. The van der Waals surface area contributed by atoms with Crippen LogP contribution in [0.25, 0.3) is 16.7 Å². The molecular weight excluding hydrogens is 273 g/mol. The SMILES string of the molecule is CN.Cc1nc2ccc(F)cc2n1-c1ccc(S)cc1. The third-order valence-electron chi connectivity index (χ3n) is 2.89. The number of benzene rings is 2. The summed E-state index contributed by atoms with van der Waals surface area (Å²) in [7, 11) is 1.50. The van der Waals surface area contributed by atoms with Crippen LogP contribution in [0, 0.1) is 12.7 Å². The molecular formula is C15H16FN3S. The van der Waals surface area contributed by atoms with E-state index in [1.54, 1.807) is 6.07 Å². The number of aromatic nitrogens is 2. The Balaban J connectivity index is 0.000000704. The maximum atomic E-state index is 13.4. The van der Waals surface area contributed by atoms with Gasteiger partial charge in [-0.25, -0.2) is 9.37 Å². The summed E-state index contributed by atoms with van der Waals surface area (Å²) >= 11 is 4.26. The first-order valence-corrected chi connectivity index (χ1v) is 6.61. The first kappa shape index (κ1) is 14.6. The number of rotatable bonds is 1. The Morgan fingerprint density at radius 3 is 2.40 bits per heavy atom. The van der Waals surface area contributed by atoms with Crippen LogP contribution >= 0.6 is 12.6 Å². The van der Waals surface area contributed by atoms with Crippen LogP contribution < -0.4 is 5.73 Å². The van der Waals surface area contributed by atoms with Crippen LogP contribution in [0.3, 0.4) is 0 Å². The van der Waals surface area contributed by atoms with Crippen molar-refractivity contribution in [2.75, 3.05) is 7.05 Å². The standard InChI is InChI=1S/C14H11FN2S.CH5N/c1-9-16-13-7-2-10(15)8-14(13)17(9)11-3-5-12(18)6-4-11;1-2/h2-8,18H,1H3;2H2,1H3. The number of aryl methyl sites for hydroxylation is 1. The lowest BCUT2D eigenvalue weighted by atomic mass is 10.2. The largest absolute Gasteiger partial charge is 0.333 e. The zero-order chi connectivity index (χ0) is 14.7. The van der Waals surface area contributed by atoms with E-state index in [1.165, 1.54) is 19.2 Å². The lowest BCUT2D eigenvalue weighted by Crippen LogP contribution is -1.96. The second kappa shape index (κ2) is 6.07. The van der Waals surface area contributed by atoms with Crippen molar-refractivity contribution in [2.24, 2.45) is 5.73 Å². The van der Waals surface area contributed by atoms with E-state index in [2.05, 4.69) is 23.3 Å². The minimum absolute atomic E-state index is 0.255. The van der Waals surface area contributed by atoms with Gasteiger partial charge in [-0.05, 0) is 50.4 Å². The fourth-order valence-electron chi connectivity index (χ4n) is 2.10. The number of hydrogen-bond acceptors (Lipinski definition) is 3. The van der Waals surface area contributed by atoms with Gasteiger partial charge in [0, 0.05) is 16.6 Å². The van der Waals surface area contributed by atoms with Crippen molar-refractivity contribution in [2.45, 2.75) is 11.8 Å². The molecule has 1 heterocycles. The van der Waals surface area contributed by atoms with Gasteiger partial charge in [-0.2, -0.15) is 0 Å². The predicted molar refractivity (Wildman–Crippen MR) is 83.1 cm³/mol. The highest BCUT2D eigenvalue weighted by Gasteiger charge is 2.09. The molecule has 2 N–H and O–H groups in total. The van der Waals surface area contributed by atoms with E-state index in [4.69, 9.17) is 0 Å². The summed E-state index contributed by atoms with van der Waals surface area (Å²) in [5, 5.41) is 0. The first-order chi connectivity index (χ1) is 9.65. The van der Waals surface area contributed by atoms with Crippen LogP contribution in [0.15, 0.2) is 47.4 Å². The van der Waals surface area contributed by atoms with Crippen LogP contribution in [-0.2, 0) is 0 Å². The normalized spacial score (nSPS) is 10.2. The van der Waals surface area contributed by atoms with Crippen molar-refractivity contribution in [1.29, 1.82) is 0 Å². The molecule has 3 rings (SSSR count). The van der Waals surface area contributed by atoms with E-state index in [1.807, 2.05) is 35.8 Å². The Kier molecular flexibility index (Phi) is 4.42. The van der Waals surface area contributed by atoms with Gasteiger partial charge in [0.1, 0.15) is 11.6 Å². The maximum absolute atomic E-state index is 13.4. The molecule has 1 aromatic heterocycles. The third-order valence-corrected chi connectivity index (χ3v) is 3.19. The van der Waals surface area contributed by atoms with Gasteiger partial charge in [-0.3, -0.25) is 4.57 Å². The van der Waals surface area contributed by atoms with Gasteiger partial charge >= 0.3 is 0 Å². The predicted octanol–water partition coefficient (Wildman–Crippen LogP) is 3.34. The molecule has 0 amide bonds. The highest BCUT2D eigenvalue weighted by atomic mass is 32.1. The zero-order valence-electron chi connectivity index (χ0n) is 11.3. The highest BCUT2D eigenvalue weighted by molar-refractivity contribution is 7.80. The Morgan fingerprint density at radius 2 is 1.75 bits per heavy atom. The van der Waals surface area contributed by atoms with Crippen LogP contribution in [0.5, 0.6) is 0 Å². The number of imidazole rings is 1. The monoisotopic (exact) mass is 289 g/mol. The summed E-state index contributed by atoms with van der Waals surface area (Å²) in [5.41, 5.74) is 7.03. The second-order valence-electron chi connectivity index (χ2n) is 4.14. The van der Waals surface area contributed by atoms with Crippen molar-refractivity contribution >= 4 is 23.7 Å². The van der Waals surface area contributed by atoms with E-state index in [0.29, 0.717) is 0 Å². The van der Waals surface area contributed by atoms with Gasteiger partial charge in [0.25, 0.3) is 0 Å². The average molecular weight is 289 g/mol. The molecule has 0 radical (unpaired) electrons. The van der Waals surface area contributed by atoms with Gasteiger partial charge in [0.15, 0.2) is 0 Å². The molecule has 0 unspecified atom stereocenters. The molecule has 5 heteroatoms. The molecule has 2 aromatic carbocycles. The maximum Gasteiger partial charge on any atom is 0.125 e. The molecule has 3 nitrogen and oxygen atoms in total. The lowest BCUT2D eigenvalue weighted by molar-refractivity contribution is 0.629. The minimum Gasteiger partial charge on any atom is -0.333 e. The summed E-state index contributed by atoms with van der Waals surface area (Å²) in [4.78, 5) is 5.33. The Labute approximate surface area is 122 Å². The molecule has 104 valence electrons. The molecule has 0 saturated carbocycles. The van der Waals surface area contributed by atoms with Crippen LogP contribution in [-0.4, -0.2) is 16.6 Å². The summed E-state index contributed by atoms with van der Waals surface area (Å²) in [6.45, 7) is 1.91. The van der Waals surface area contributed by atoms with Gasteiger partial charge in [0.2, 0.25) is 0 Å². The van der Waals surface area contributed by atoms with E-state index in [0.717, 1.165) is 27.4 Å². The van der Waals surface area contributed by atoms with Gasteiger partial charge in [0.05, 0.1) is 11.0 Å². The van der Waals surface area contributed by atoms with E-state index in [-0.39, 0.29) is 5.82 Å². The number of nitrogens with two attached hydrogens (primary N) is 1. The third kappa shape index (κ3) is 2.69. The van der Waals surface area contributed by atoms with Gasteiger partial charge in [-0.1, -0.05) is 0 Å². The summed E-state index contributed by atoms with van der Waals surface area (Å²) in [6, 6.07) is 12.3. The van der Waals surface area contributed by atoms with Gasteiger partial charge < -0.3 is 5.73 Å². The van der Waals surface area contributed by atoms with Crippen LogP contribution in [0.1, 0.15) is 5.82 Å². The Hall–Kier alpha value is -1.85. The topological polar surface area (TPSA) is 43.8 Å². The quantitative estimate of drug-likeness (QED) is 0.675. The highest BCUT2D eigenvalue weighted by Crippen LogP contribution is 2.22. The molecule has 0 spiro atoms. The molecule has 0 aliphatic heterocycles. The van der Waals surface area contributed by atoms with Crippen molar-refractivity contribution < 1.29 is 4.39 Å². The molecule has 0 saturated heterocycles. The number of halogens is 1. The van der Waals surface area contributed by atoms with Crippen molar-refractivity contribution in [3.63, 3.8) is 0 Å². The van der Waals surface area contributed by atoms with Crippen molar-refractivity contribution in [1.82, 2.24) is 9.55 Å². The molecule has 0 aliphatic rings. The summed E-state index contributed by atoms with van der Waals surface area (Å²) < 4.78 is 15.3.